The minimum atomic E-state index is -1.05. The molecular weight excluding hydrogens is 436 g/mol. The Labute approximate surface area is 198 Å². The third-order valence-electron chi connectivity index (χ3n) is 6.89. The molecule has 1 aromatic carbocycles. The summed E-state index contributed by atoms with van der Waals surface area (Å²) >= 11 is 0. The van der Waals surface area contributed by atoms with Crippen LogP contribution >= 0.6 is 0 Å². The molecule has 3 aliphatic heterocycles. The van der Waals surface area contributed by atoms with Crippen molar-refractivity contribution in [2.75, 3.05) is 29.9 Å². The van der Waals surface area contributed by atoms with Gasteiger partial charge in [0.1, 0.15) is 12.4 Å². The third kappa shape index (κ3) is 4.43. The highest BCUT2D eigenvalue weighted by Gasteiger charge is 2.41. The number of nitrogens with one attached hydrogen (secondary N) is 1. The largest absolute Gasteiger partial charge is 0.444 e. The number of aromatic nitrogens is 2. The number of carbonyl (C=O) groups excluding carboxylic acids is 2. The van der Waals surface area contributed by atoms with Crippen LogP contribution in [0.25, 0.3) is 0 Å². The molecule has 2 N–H and O–H groups in total. The van der Waals surface area contributed by atoms with Gasteiger partial charge in [-0.25, -0.2) is 14.7 Å². The van der Waals surface area contributed by atoms with Gasteiger partial charge in [-0.1, -0.05) is 24.3 Å². The van der Waals surface area contributed by atoms with E-state index in [2.05, 4.69) is 49.4 Å². The molecule has 10 heteroatoms. The van der Waals surface area contributed by atoms with Gasteiger partial charge in [-0.2, -0.15) is 4.98 Å². The summed E-state index contributed by atoms with van der Waals surface area (Å²) in [6.45, 7) is 6.36. The molecule has 0 spiro atoms. The number of fused-ring (bicyclic) bond motifs is 2. The highest BCUT2D eigenvalue weighted by molar-refractivity contribution is 5.88. The van der Waals surface area contributed by atoms with E-state index in [1.807, 2.05) is 6.92 Å². The standard InChI is InChI=1S/C24H30N6O4/c1-15(26-23-25-10-9-21(27-23)30-22(32)14-34-24(30)33)18-5-3-17(4-6-18)11-28-12-19-7-8-20(13-28)29(19)16(2)31/h3-6,9-10,15,19-20,22,32H,7-8,11-14H2,1-2H3,(H,25,26,27)/t15-,19?,20?,22-/m0/s1. The molecule has 1 aromatic heterocycles. The monoisotopic (exact) mass is 466 g/mol. The van der Waals surface area contributed by atoms with Crippen LogP contribution < -0.4 is 10.2 Å². The first-order chi connectivity index (χ1) is 16.4. The van der Waals surface area contributed by atoms with Crippen LogP contribution in [0.4, 0.5) is 16.6 Å². The van der Waals surface area contributed by atoms with E-state index in [-0.39, 0.29) is 24.4 Å². The average molecular weight is 467 g/mol. The zero-order chi connectivity index (χ0) is 23.8. The van der Waals surface area contributed by atoms with Crippen molar-refractivity contribution in [3.63, 3.8) is 0 Å². The summed E-state index contributed by atoms with van der Waals surface area (Å²) in [7, 11) is 0. The van der Waals surface area contributed by atoms with E-state index in [9.17, 15) is 14.7 Å². The van der Waals surface area contributed by atoms with Crippen LogP contribution in [0.2, 0.25) is 0 Å². The minimum absolute atomic E-state index is 0.0605. The lowest BCUT2D eigenvalue weighted by atomic mass is 10.1. The summed E-state index contributed by atoms with van der Waals surface area (Å²) in [4.78, 5) is 38.0. The van der Waals surface area contributed by atoms with Gasteiger partial charge in [0.15, 0.2) is 6.23 Å². The number of hydrogen-bond donors (Lipinski definition) is 2. The molecule has 0 aliphatic carbocycles. The highest BCUT2D eigenvalue weighted by atomic mass is 16.6. The molecule has 4 heterocycles. The Hall–Kier alpha value is -3.24. The molecule has 10 nitrogen and oxygen atoms in total. The second-order valence-electron chi connectivity index (χ2n) is 9.28. The zero-order valence-corrected chi connectivity index (χ0v) is 19.4. The predicted octanol–water partition coefficient (Wildman–Crippen LogP) is 2.12. The number of benzene rings is 1. The molecule has 2 unspecified atom stereocenters. The van der Waals surface area contributed by atoms with Crippen LogP contribution in [-0.2, 0) is 16.1 Å². The molecule has 180 valence electrons. The van der Waals surface area contributed by atoms with Gasteiger partial charge in [0.05, 0.1) is 6.04 Å². The number of likely N-dealkylation sites (tertiary alicyclic amines) is 1. The van der Waals surface area contributed by atoms with Crippen LogP contribution in [-0.4, -0.2) is 74.9 Å². The summed E-state index contributed by atoms with van der Waals surface area (Å²) in [5.74, 6) is 0.845. The van der Waals surface area contributed by atoms with Crippen molar-refractivity contribution in [2.24, 2.45) is 0 Å². The number of amides is 2. The van der Waals surface area contributed by atoms with Gasteiger partial charge in [-0.05, 0) is 37.0 Å². The number of nitrogens with zero attached hydrogens (tertiary/aromatic N) is 5. The van der Waals surface area contributed by atoms with E-state index in [1.54, 1.807) is 13.0 Å². The quantitative estimate of drug-likeness (QED) is 0.666. The second kappa shape index (κ2) is 9.19. The fourth-order valence-corrected chi connectivity index (χ4v) is 5.29. The maximum absolute atomic E-state index is 11.9. The number of anilines is 2. The van der Waals surface area contributed by atoms with Gasteiger partial charge in [-0.3, -0.25) is 9.69 Å². The number of piperazine rings is 1. The Kier molecular flexibility index (Phi) is 6.09. The van der Waals surface area contributed by atoms with E-state index >= 15 is 0 Å². The van der Waals surface area contributed by atoms with Crippen LogP contribution in [0, 0.1) is 0 Å². The Morgan fingerprint density at radius 1 is 1.21 bits per heavy atom. The number of ether oxygens (including phenoxy) is 1. The Morgan fingerprint density at radius 2 is 1.91 bits per heavy atom. The number of rotatable bonds is 6. The Morgan fingerprint density at radius 3 is 2.53 bits per heavy atom. The number of cyclic esters (lactones) is 1. The zero-order valence-electron chi connectivity index (χ0n) is 19.4. The van der Waals surface area contributed by atoms with Crippen molar-refractivity contribution < 1.29 is 19.4 Å². The molecule has 3 aliphatic rings. The van der Waals surface area contributed by atoms with E-state index in [0.717, 1.165) is 42.9 Å². The first kappa shape index (κ1) is 22.5. The van der Waals surface area contributed by atoms with E-state index in [4.69, 9.17) is 4.74 Å². The van der Waals surface area contributed by atoms with Crippen LogP contribution in [0.1, 0.15) is 43.9 Å². The smallest absolute Gasteiger partial charge is 0.417 e. The summed E-state index contributed by atoms with van der Waals surface area (Å²) in [6, 6.07) is 10.7. The molecule has 34 heavy (non-hydrogen) atoms. The predicted molar refractivity (Wildman–Crippen MR) is 125 cm³/mol. The first-order valence-electron chi connectivity index (χ1n) is 11.7. The summed E-state index contributed by atoms with van der Waals surface area (Å²) < 4.78 is 4.85. The molecular formula is C24H30N6O4. The molecule has 0 saturated carbocycles. The van der Waals surface area contributed by atoms with E-state index in [0.29, 0.717) is 18.0 Å². The second-order valence-corrected chi connectivity index (χ2v) is 9.28. The van der Waals surface area contributed by atoms with E-state index in [1.165, 1.54) is 11.8 Å². The van der Waals surface area contributed by atoms with E-state index < -0.39 is 12.3 Å². The van der Waals surface area contributed by atoms with Crippen molar-refractivity contribution in [3.05, 3.63) is 47.7 Å². The van der Waals surface area contributed by atoms with Crippen LogP contribution in [0.3, 0.4) is 0 Å². The fraction of sp³-hybridized carbons (Fsp3) is 0.500. The van der Waals surface area contributed by atoms with Gasteiger partial charge in [-0.15, -0.1) is 0 Å². The lowest BCUT2D eigenvalue weighted by molar-refractivity contribution is -0.134. The highest BCUT2D eigenvalue weighted by Crippen LogP contribution is 2.31. The molecule has 2 amide bonds. The van der Waals surface area contributed by atoms with Gasteiger partial charge in [0, 0.05) is 44.8 Å². The van der Waals surface area contributed by atoms with Gasteiger partial charge < -0.3 is 20.1 Å². The Bertz CT molecular complexity index is 1050. The van der Waals surface area contributed by atoms with Crippen LogP contribution in [0.5, 0.6) is 0 Å². The van der Waals surface area contributed by atoms with Crippen molar-refractivity contribution >= 4 is 23.8 Å². The van der Waals surface area contributed by atoms with Crippen molar-refractivity contribution in [1.29, 1.82) is 0 Å². The normalized spacial score (nSPS) is 25.4. The molecule has 2 bridgehead atoms. The van der Waals surface area contributed by atoms with Gasteiger partial charge in [0.2, 0.25) is 11.9 Å². The van der Waals surface area contributed by atoms with Crippen LogP contribution in [0.15, 0.2) is 36.5 Å². The average Bonchev–Trinajstić information content (AvgIpc) is 3.29. The van der Waals surface area contributed by atoms with Crippen molar-refractivity contribution in [1.82, 2.24) is 19.8 Å². The lowest BCUT2D eigenvalue weighted by Gasteiger charge is -2.40. The molecule has 4 atom stereocenters. The van der Waals surface area contributed by atoms with Crippen molar-refractivity contribution in [3.8, 4) is 0 Å². The number of aliphatic hydroxyl groups is 1. The summed E-state index contributed by atoms with van der Waals surface area (Å²) in [5.41, 5.74) is 2.33. The number of hydrogen-bond acceptors (Lipinski definition) is 8. The lowest BCUT2D eigenvalue weighted by Crippen LogP contribution is -2.54. The topological polar surface area (TPSA) is 111 Å². The molecule has 2 aromatic rings. The number of aliphatic hydroxyl groups excluding tert-OH is 1. The Balaban J connectivity index is 1.20. The number of carbonyl (C=O) groups is 2. The fourth-order valence-electron chi connectivity index (χ4n) is 5.29. The molecule has 3 saturated heterocycles. The molecule has 0 radical (unpaired) electrons. The maximum Gasteiger partial charge on any atom is 0.417 e. The van der Waals surface area contributed by atoms with Gasteiger partial charge >= 0.3 is 6.09 Å². The minimum Gasteiger partial charge on any atom is -0.444 e. The molecule has 5 rings (SSSR count). The maximum atomic E-state index is 11.9. The molecule has 3 fully saturated rings. The van der Waals surface area contributed by atoms with Gasteiger partial charge in [0.25, 0.3) is 0 Å². The summed E-state index contributed by atoms with van der Waals surface area (Å²) in [5, 5.41) is 13.2. The SMILES string of the molecule is CC(=O)N1C2CCC1CN(Cc1ccc([C@H](C)Nc3nccc(N4C(=O)OC[C@@H]4O)n3)cc1)C2. The first-order valence-corrected chi connectivity index (χ1v) is 11.7. The third-order valence-corrected chi connectivity index (χ3v) is 6.89. The summed E-state index contributed by atoms with van der Waals surface area (Å²) in [6.07, 6.45) is 2.06. The van der Waals surface area contributed by atoms with Crippen molar-refractivity contribution in [2.45, 2.75) is 57.6 Å².